The molecule has 0 aliphatic heterocycles. The van der Waals surface area contributed by atoms with Crippen molar-refractivity contribution in [1.29, 1.82) is 0 Å². The van der Waals surface area contributed by atoms with Crippen LogP contribution in [0, 0.1) is 12.8 Å². The molecule has 0 spiro atoms. The predicted molar refractivity (Wildman–Crippen MR) is 76.7 cm³/mol. The fourth-order valence-corrected chi connectivity index (χ4v) is 2.57. The van der Waals surface area contributed by atoms with Crippen LogP contribution in [0.2, 0.25) is 0 Å². The third-order valence-corrected chi connectivity index (χ3v) is 3.86. The Kier molecular flexibility index (Phi) is 2.62. The number of hydrogen-bond donors (Lipinski definition) is 2. The molecule has 0 radical (unpaired) electrons. The van der Waals surface area contributed by atoms with E-state index >= 15 is 0 Å². The number of nitrogen functional groups attached to an aromatic ring is 1. The molecular weight excluding hydrogens is 222 g/mol. The summed E-state index contributed by atoms with van der Waals surface area (Å²) >= 11 is 0. The minimum atomic E-state index is 0.635. The fourth-order valence-electron chi connectivity index (χ4n) is 2.57. The first-order valence-electron chi connectivity index (χ1n) is 6.60. The quantitative estimate of drug-likeness (QED) is 0.810. The first-order chi connectivity index (χ1) is 8.69. The Morgan fingerprint density at radius 2 is 2.22 bits per heavy atom. The average molecular weight is 241 g/mol. The summed E-state index contributed by atoms with van der Waals surface area (Å²) in [5.41, 5.74) is 9.02. The van der Waals surface area contributed by atoms with Crippen molar-refractivity contribution in [3.05, 3.63) is 30.1 Å². The normalized spacial score (nSPS) is 22.1. The van der Waals surface area contributed by atoms with Crippen molar-refractivity contribution >= 4 is 22.1 Å². The molecule has 3 heteroatoms. The summed E-state index contributed by atoms with van der Waals surface area (Å²) in [4.78, 5) is 4.33. The fraction of sp³-hybridized carbons (Fsp3) is 0.400. The van der Waals surface area contributed by atoms with E-state index in [2.05, 4.69) is 29.4 Å². The number of fused-ring (bicyclic) bond motifs is 1. The smallest absolute Gasteiger partial charge is 0.0424 e. The summed E-state index contributed by atoms with van der Waals surface area (Å²) in [6.45, 7) is 4.26. The van der Waals surface area contributed by atoms with Gasteiger partial charge in [0.2, 0.25) is 0 Å². The number of pyridine rings is 1. The zero-order valence-corrected chi connectivity index (χ0v) is 10.9. The number of aryl methyl sites for hydroxylation is 1. The van der Waals surface area contributed by atoms with E-state index in [-0.39, 0.29) is 0 Å². The van der Waals surface area contributed by atoms with Gasteiger partial charge in [0.05, 0.1) is 0 Å². The van der Waals surface area contributed by atoms with E-state index in [9.17, 15) is 0 Å². The molecule has 1 heterocycles. The number of anilines is 2. The van der Waals surface area contributed by atoms with Gasteiger partial charge < -0.3 is 11.1 Å². The lowest BCUT2D eigenvalue weighted by Gasteiger charge is -2.11. The van der Waals surface area contributed by atoms with Gasteiger partial charge in [-0.3, -0.25) is 4.98 Å². The Bertz CT molecular complexity index is 592. The standard InChI is InChI=1S/C15H19N3/c1-3-10-7-15(10)18-14-5-4-13(16)12-8-17-9(2)6-11(12)14/h4-6,8,10,15,18H,3,7,16H2,1-2H3. The van der Waals surface area contributed by atoms with Gasteiger partial charge in [0.25, 0.3) is 0 Å². The van der Waals surface area contributed by atoms with Crippen LogP contribution in [0.25, 0.3) is 10.8 Å². The topological polar surface area (TPSA) is 50.9 Å². The molecule has 2 atom stereocenters. The molecule has 0 bridgehead atoms. The summed E-state index contributed by atoms with van der Waals surface area (Å²) in [6.07, 6.45) is 4.41. The predicted octanol–water partition coefficient (Wildman–Crippen LogP) is 3.34. The number of aromatic nitrogens is 1. The summed E-state index contributed by atoms with van der Waals surface area (Å²) in [5, 5.41) is 5.86. The molecular formula is C15H19N3. The first kappa shape index (κ1) is 11.3. The summed E-state index contributed by atoms with van der Waals surface area (Å²) < 4.78 is 0. The van der Waals surface area contributed by atoms with Crippen LogP contribution in [0.4, 0.5) is 11.4 Å². The molecule has 2 aromatic rings. The number of benzene rings is 1. The third-order valence-electron chi connectivity index (χ3n) is 3.86. The molecule has 94 valence electrons. The van der Waals surface area contributed by atoms with Crippen LogP contribution < -0.4 is 11.1 Å². The molecule has 0 saturated heterocycles. The maximum absolute atomic E-state index is 6.01. The highest BCUT2D eigenvalue weighted by molar-refractivity contribution is 6.00. The van der Waals surface area contributed by atoms with Gasteiger partial charge in [-0.2, -0.15) is 0 Å². The van der Waals surface area contributed by atoms with E-state index in [1.165, 1.54) is 23.9 Å². The Morgan fingerprint density at radius 1 is 1.39 bits per heavy atom. The lowest BCUT2D eigenvalue weighted by Crippen LogP contribution is -2.05. The van der Waals surface area contributed by atoms with E-state index < -0.39 is 0 Å². The maximum atomic E-state index is 6.01. The molecule has 1 fully saturated rings. The second kappa shape index (κ2) is 4.16. The second-order valence-electron chi connectivity index (χ2n) is 5.23. The monoisotopic (exact) mass is 241 g/mol. The molecule has 18 heavy (non-hydrogen) atoms. The summed E-state index contributed by atoms with van der Waals surface area (Å²) in [7, 11) is 0. The second-order valence-corrected chi connectivity index (χ2v) is 5.23. The van der Waals surface area contributed by atoms with Gasteiger partial charge in [0.1, 0.15) is 0 Å². The number of nitrogens with zero attached hydrogens (tertiary/aromatic N) is 1. The minimum Gasteiger partial charge on any atom is -0.398 e. The zero-order valence-electron chi connectivity index (χ0n) is 10.9. The van der Waals surface area contributed by atoms with Crippen LogP contribution in [0.5, 0.6) is 0 Å². The van der Waals surface area contributed by atoms with Crippen LogP contribution in [0.1, 0.15) is 25.5 Å². The van der Waals surface area contributed by atoms with Crippen molar-refractivity contribution in [3.8, 4) is 0 Å². The molecule has 3 N–H and O–H groups in total. The Balaban J connectivity index is 2.01. The van der Waals surface area contributed by atoms with Crippen molar-refractivity contribution in [2.75, 3.05) is 11.1 Å². The third kappa shape index (κ3) is 1.90. The number of nitrogens with one attached hydrogen (secondary N) is 1. The van der Waals surface area contributed by atoms with E-state index in [0.29, 0.717) is 6.04 Å². The van der Waals surface area contributed by atoms with Crippen LogP contribution in [0.3, 0.4) is 0 Å². The highest BCUT2D eigenvalue weighted by atomic mass is 15.0. The van der Waals surface area contributed by atoms with Gasteiger partial charge >= 0.3 is 0 Å². The number of nitrogens with two attached hydrogens (primary N) is 1. The van der Waals surface area contributed by atoms with Crippen molar-refractivity contribution in [1.82, 2.24) is 4.98 Å². The van der Waals surface area contributed by atoms with Crippen molar-refractivity contribution in [2.45, 2.75) is 32.7 Å². The maximum Gasteiger partial charge on any atom is 0.0424 e. The van der Waals surface area contributed by atoms with E-state index in [1.807, 2.05) is 19.2 Å². The summed E-state index contributed by atoms with van der Waals surface area (Å²) in [6, 6.07) is 6.79. The SMILES string of the molecule is CCC1CC1Nc1ccc(N)c2cnc(C)cc12. The molecule has 1 aromatic carbocycles. The van der Waals surface area contributed by atoms with Gasteiger partial charge in [-0.25, -0.2) is 0 Å². The molecule has 1 saturated carbocycles. The van der Waals surface area contributed by atoms with Gasteiger partial charge in [-0.1, -0.05) is 13.3 Å². The van der Waals surface area contributed by atoms with E-state index in [0.717, 1.165) is 22.7 Å². The lowest BCUT2D eigenvalue weighted by molar-refractivity contribution is 0.775. The Morgan fingerprint density at radius 3 is 2.94 bits per heavy atom. The Hall–Kier alpha value is -1.77. The highest BCUT2D eigenvalue weighted by Crippen LogP contribution is 2.38. The molecule has 3 nitrogen and oxygen atoms in total. The molecule has 3 rings (SSSR count). The largest absolute Gasteiger partial charge is 0.398 e. The van der Waals surface area contributed by atoms with Crippen LogP contribution in [-0.2, 0) is 0 Å². The van der Waals surface area contributed by atoms with Crippen LogP contribution >= 0.6 is 0 Å². The minimum absolute atomic E-state index is 0.635. The van der Waals surface area contributed by atoms with Crippen molar-refractivity contribution in [2.24, 2.45) is 5.92 Å². The Labute approximate surface area is 107 Å². The molecule has 2 unspecified atom stereocenters. The van der Waals surface area contributed by atoms with Gasteiger partial charge in [0.15, 0.2) is 0 Å². The lowest BCUT2D eigenvalue weighted by atomic mass is 10.1. The highest BCUT2D eigenvalue weighted by Gasteiger charge is 2.35. The van der Waals surface area contributed by atoms with Gasteiger partial charge in [-0.05, 0) is 37.5 Å². The van der Waals surface area contributed by atoms with Gasteiger partial charge in [-0.15, -0.1) is 0 Å². The van der Waals surface area contributed by atoms with Crippen LogP contribution in [-0.4, -0.2) is 11.0 Å². The molecule has 1 aliphatic rings. The first-order valence-corrected chi connectivity index (χ1v) is 6.60. The van der Waals surface area contributed by atoms with Crippen LogP contribution in [0.15, 0.2) is 24.4 Å². The van der Waals surface area contributed by atoms with E-state index in [4.69, 9.17) is 5.73 Å². The molecule has 1 aliphatic carbocycles. The van der Waals surface area contributed by atoms with E-state index in [1.54, 1.807) is 0 Å². The summed E-state index contributed by atoms with van der Waals surface area (Å²) in [5.74, 6) is 0.834. The van der Waals surface area contributed by atoms with Gasteiger partial charge in [0, 0.05) is 40.1 Å². The molecule has 1 aromatic heterocycles. The van der Waals surface area contributed by atoms with Crippen molar-refractivity contribution in [3.63, 3.8) is 0 Å². The number of rotatable bonds is 3. The molecule has 0 amide bonds. The zero-order chi connectivity index (χ0) is 12.7. The number of hydrogen-bond acceptors (Lipinski definition) is 3. The van der Waals surface area contributed by atoms with Crippen molar-refractivity contribution < 1.29 is 0 Å². The average Bonchev–Trinajstić information content (AvgIpc) is 3.11.